The van der Waals surface area contributed by atoms with Crippen molar-refractivity contribution in [1.82, 2.24) is 0 Å². The van der Waals surface area contributed by atoms with Gasteiger partial charge < -0.3 is 10.4 Å². The molecular formula is C14H11BrClNO2. The Balaban J connectivity index is 2.27. The average molecular weight is 341 g/mol. The van der Waals surface area contributed by atoms with Gasteiger partial charge in [0.25, 0.3) is 5.91 Å². The van der Waals surface area contributed by atoms with Crippen molar-refractivity contribution in [3.8, 4) is 5.75 Å². The quantitative estimate of drug-likeness (QED) is 0.798. The first-order chi connectivity index (χ1) is 8.99. The topological polar surface area (TPSA) is 49.3 Å². The second-order valence-corrected chi connectivity index (χ2v) is 5.32. The predicted molar refractivity (Wildman–Crippen MR) is 79.9 cm³/mol. The van der Waals surface area contributed by atoms with Gasteiger partial charge in [0.15, 0.2) is 0 Å². The molecule has 0 atom stereocenters. The highest BCUT2D eigenvalue weighted by atomic mass is 79.9. The van der Waals surface area contributed by atoms with Crippen molar-refractivity contribution in [2.75, 3.05) is 5.32 Å². The standard InChI is InChI=1S/C14H11BrClNO2/c1-8-6-9(7-11(15)13(8)18)17-14(19)10-4-2-3-5-12(10)16/h2-7,18H,1H3,(H,17,19). The molecule has 0 aliphatic heterocycles. The zero-order valence-corrected chi connectivity index (χ0v) is 12.4. The van der Waals surface area contributed by atoms with Crippen molar-refractivity contribution >= 4 is 39.1 Å². The fourth-order valence-corrected chi connectivity index (χ4v) is 2.43. The van der Waals surface area contributed by atoms with Crippen LogP contribution in [0.1, 0.15) is 15.9 Å². The molecule has 0 saturated heterocycles. The van der Waals surface area contributed by atoms with E-state index in [0.717, 1.165) is 0 Å². The lowest BCUT2D eigenvalue weighted by Crippen LogP contribution is -2.12. The predicted octanol–water partition coefficient (Wildman–Crippen LogP) is 4.37. The van der Waals surface area contributed by atoms with Crippen molar-refractivity contribution in [3.05, 3.63) is 57.0 Å². The van der Waals surface area contributed by atoms with Crippen LogP contribution in [-0.4, -0.2) is 11.0 Å². The van der Waals surface area contributed by atoms with Crippen molar-refractivity contribution in [1.29, 1.82) is 0 Å². The van der Waals surface area contributed by atoms with Gasteiger partial charge in [-0.15, -0.1) is 0 Å². The van der Waals surface area contributed by atoms with E-state index in [1.54, 1.807) is 43.3 Å². The normalized spacial score (nSPS) is 10.3. The Morgan fingerprint density at radius 3 is 2.63 bits per heavy atom. The first-order valence-corrected chi connectivity index (χ1v) is 6.71. The fourth-order valence-electron chi connectivity index (χ4n) is 1.65. The Hall–Kier alpha value is -1.52. The van der Waals surface area contributed by atoms with Crippen LogP contribution < -0.4 is 5.32 Å². The number of nitrogens with one attached hydrogen (secondary N) is 1. The van der Waals surface area contributed by atoms with E-state index in [0.29, 0.717) is 26.3 Å². The number of amides is 1. The SMILES string of the molecule is Cc1cc(NC(=O)c2ccccc2Cl)cc(Br)c1O. The summed E-state index contributed by atoms with van der Waals surface area (Å²) >= 11 is 9.19. The molecular weight excluding hydrogens is 330 g/mol. The molecule has 0 aliphatic rings. The van der Waals surface area contributed by atoms with Gasteiger partial charge in [-0.2, -0.15) is 0 Å². The highest BCUT2D eigenvalue weighted by molar-refractivity contribution is 9.10. The number of rotatable bonds is 2. The van der Waals surface area contributed by atoms with Crippen LogP contribution in [0.25, 0.3) is 0 Å². The monoisotopic (exact) mass is 339 g/mol. The summed E-state index contributed by atoms with van der Waals surface area (Å²) in [4.78, 5) is 12.1. The van der Waals surface area contributed by atoms with Crippen LogP contribution in [0, 0.1) is 6.92 Å². The molecule has 0 saturated carbocycles. The van der Waals surface area contributed by atoms with E-state index in [-0.39, 0.29) is 11.7 Å². The summed E-state index contributed by atoms with van der Waals surface area (Å²) < 4.78 is 0.530. The minimum atomic E-state index is -0.289. The van der Waals surface area contributed by atoms with Gasteiger partial charge in [0.1, 0.15) is 5.75 Å². The number of benzene rings is 2. The number of carbonyl (C=O) groups is 1. The van der Waals surface area contributed by atoms with Crippen molar-refractivity contribution in [2.45, 2.75) is 6.92 Å². The lowest BCUT2D eigenvalue weighted by atomic mass is 10.1. The second-order valence-electron chi connectivity index (χ2n) is 4.06. The van der Waals surface area contributed by atoms with E-state index in [2.05, 4.69) is 21.2 Å². The molecule has 2 aromatic carbocycles. The molecule has 0 heterocycles. The van der Waals surface area contributed by atoms with Crippen LogP contribution in [0.4, 0.5) is 5.69 Å². The zero-order chi connectivity index (χ0) is 14.0. The molecule has 0 aliphatic carbocycles. The number of anilines is 1. The summed E-state index contributed by atoms with van der Waals surface area (Å²) in [6, 6.07) is 10.2. The van der Waals surface area contributed by atoms with Gasteiger partial charge in [-0.25, -0.2) is 0 Å². The molecule has 5 heteroatoms. The van der Waals surface area contributed by atoms with E-state index >= 15 is 0 Å². The lowest BCUT2D eigenvalue weighted by molar-refractivity contribution is 0.102. The number of phenolic OH excluding ortho intramolecular Hbond substituents is 1. The number of halogens is 2. The van der Waals surface area contributed by atoms with E-state index in [9.17, 15) is 9.90 Å². The van der Waals surface area contributed by atoms with Crippen molar-refractivity contribution in [3.63, 3.8) is 0 Å². The van der Waals surface area contributed by atoms with Gasteiger partial charge in [0.2, 0.25) is 0 Å². The third-order valence-corrected chi connectivity index (χ3v) is 3.56. The van der Waals surface area contributed by atoms with Gasteiger partial charge in [0.05, 0.1) is 15.1 Å². The summed E-state index contributed by atoms with van der Waals surface area (Å²) in [6.45, 7) is 1.76. The number of hydrogen-bond donors (Lipinski definition) is 2. The van der Waals surface area contributed by atoms with Crippen LogP contribution in [-0.2, 0) is 0 Å². The second kappa shape index (κ2) is 5.63. The highest BCUT2D eigenvalue weighted by Crippen LogP contribution is 2.31. The average Bonchev–Trinajstić information content (AvgIpc) is 2.36. The fraction of sp³-hybridized carbons (Fsp3) is 0.0714. The summed E-state index contributed by atoms with van der Waals surface area (Å²) in [7, 11) is 0. The smallest absolute Gasteiger partial charge is 0.257 e. The molecule has 2 N–H and O–H groups in total. The maximum atomic E-state index is 12.1. The first kappa shape index (κ1) is 13.9. The zero-order valence-electron chi connectivity index (χ0n) is 10.1. The van der Waals surface area contributed by atoms with Crippen molar-refractivity contribution in [2.24, 2.45) is 0 Å². The Morgan fingerprint density at radius 2 is 2.00 bits per heavy atom. The van der Waals surface area contributed by atoms with Crippen LogP contribution >= 0.6 is 27.5 Å². The molecule has 0 aromatic heterocycles. The molecule has 0 bridgehead atoms. The number of hydrogen-bond acceptors (Lipinski definition) is 2. The van der Waals surface area contributed by atoms with E-state index in [1.807, 2.05) is 0 Å². The van der Waals surface area contributed by atoms with Crippen LogP contribution in [0.5, 0.6) is 5.75 Å². The van der Waals surface area contributed by atoms with Crippen molar-refractivity contribution < 1.29 is 9.90 Å². The van der Waals surface area contributed by atoms with Gasteiger partial charge in [-0.3, -0.25) is 4.79 Å². The number of aromatic hydroxyl groups is 1. The highest BCUT2D eigenvalue weighted by Gasteiger charge is 2.11. The minimum absolute atomic E-state index is 0.163. The molecule has 0 unspecified atom stereocenters. The molecule has 3 nitrogen and oxygen atoms in total. The largest absolute Gasteiger partial charge is 0.506 e. The Labute approximate surface area is 124 Å². The van der Waals surface area contributed by atoms with E-state index in [1.165, 1.54) is 0 Å². The maximum absolute atomic E-state index is 12.1. The van der Waals surface area contributed by atoms with Crippen LogP contribution in [0.2, 0.25) is 5.02 Å². The van der Waals surface area contributed by atoms with Crippen LogP contribution in [0.3, 0.4) is 0 Å². The first-order valence-electron chi connectivity index (χ1n) is 5.54. The van der Waals surface area contributed by atoms with Gasteiger partial charge in [0, 0.05) is 5.69 Å². The molecule has 2 aromatic rings. The summed E-state index contributed by atoms with van der Waals surface area (Å²) in [5.74, 6) is -0.127. The number of aryl methyl sites for hydroxylation is 1. The Kier molecular flexibility index (Phi) is 4.12. The third-order valence-electron chi connectivity index (χ3n) is 2.63. The van der Waals surface area contributed by atoms with E-state index < -0.39 is 0 Å². The van der Waals surface area contributed by atoms with Gasteiger partial charge >= 0.3 is 0 Å². The number of carbonyl (C=O) groups excluding carboxylic acids is 1. The van der Waals surface area contributed by atoms with Crippen LogP contribution in [0.15, 0.2) is 40.9 Å². The Bertz CT molecular complexity index is 620. The maximum Gasteiger partial charge on any atom is 0.257 e. The molecule has 2 rings (SSSR count). The molecule has 98 valence electrons. The van der Waals surface area contributed by atoms with Gasteiger partial charge in [-0.1, -0.05) is 23.7 Å². The van der Waals surface area contributed by atoms with E-state index in [4.69, 9.17) is 11.6 Å². The molecule has 1 amide bonds. The molecule has 0 fully saturated rings. The molecule has 0 radical (unpaired) electrons. The summed E-state index contributed by atoms with van der Waals surface area (Å²) in [5.41, 5.74) is 1.67. The summed E-state index contributed by atoms with van der Waals surface area (Å²) in [6.07, 6.45) is 0. The molecule has 0 spiro atoms. The van der Waals surface area contributed by atoms with Gasteiger partial charge in [-0.05, 0) is 52.7 Å². The third kappa shape index (κ3) is 3.08. The summed E-state index contributed by atoms with van der Waals surface area (Å²) in [5, 5.41) is 12.8. The number of phenols is 1. The molecule has 19 heavy (non-hydrogen) atoms. The lowest BCUT2D eigenvalue weighted by Gasteiger charge is -2.09. The minimum Gasteiger partial charge on any atom is -0.506 e. The Morgan fingerprint density at radius 1 is 1.32 bits per heavy atom.